The first-order valence-electron chi connectivity index (χ1n) is 8.27. The smallest absolute Gasteiger partial charge is 0.257 e. The summed E-state index contributed by atoms with van der Waals surface area (Å²) in [7, 11) is 0. The van der Waals surface area contributed by atoms with Crippen molar-refractivity contribution in [2.45, 2.75) is 19.8 Å². The Hall–Kier alpha value is -2.11. The number of carbonyl (C=O) groups is 1. The fourth-order valence-electron chi connectivity index (χ4n) is 2.96. The molecule has 0 bridgehead atoms. The van der Waals surface area contributed by atoms with E-state index < -0.39 is 0 Å². The van der Waals surface area contributed by atoms with E-state index in [2.05, 4.69) is 15.5 Å². The first kappa shape index (κ1) is 17.7. The monoisotopic (exact) mass is 373 g/mol. The molecule has 0 radical (unpaired) electrons. The van der Waals surface area contributed by atoms with Gasteiger partial charge in [-0.1, -0.05) is 29.8 Å². The molecule has 1 amide bonds. The largest absolute Gasteiger partial charge is 0.370 e. The zero-order chi connectivity index (χ0) is 17.8. The molecule has 0 aliphatic carbocycles. The van der Waals surface area contributed by atoms with Gasteiger partial charge in [-0.15, -0.1) is 0 Å². The highest BCUT2D eigenvalue weighted by atomic mass is 35.5. The zero-order valence-corrected chi connectivity index (χ0v) is 15.6. The number of hydrogen-bond donors (Lipinski definition) is 2. The van der Waals surface area contributed by atoms with Gasteiger partial charge in [0.05, 0.1) is 10.7 Å². The maximum atomic E-state index is 12.3. The van der Waals surface area contributed by atoms with E-state index in [4.69, 9.17) is 23.8 Å². The van der Waals surface area contributed by atoms with Crippen LogP contribution in [-0.2, 0) is 0 Å². The van der Waals surface area contributed by atoms with Crippen molar-refractivity contribution < 1.29 is 4.79 Å². The van der Waals surface area contributed by atoms with Crippen LogP contribution in [0.1, 0.15) is 28.8 Å². The summed E-state index contributed by atoms with van der Waals surface area (Å²) < 4.78 is 0. The molecule has 0 atom stereocenters. The Bertz CT molecular complexity index is 803. The van der Waals surface area contributed by atoms with Crippen LogP contribution in [0.4, 0.5) is 11.4 Å². The fraction of sp³-hybridized carbons (Fsp3) is 0.263. The summed E-state index contributed by atoms with van der Waals surface area (Å²) >= 11 is 11.6. The summed E-state index contributed by atoms with van der Waals surface area (Å²) in [6.45, 7) is 3.97. The number of benzene rings is 2. The van der Waals surface area contributed by atoms with Gasteiger partial charge in [0, 0.05) is 24.3 Å². The SMILES string of the molecule is Cc1ccccc1C(=O)NC(=S)Nc1ccc(N2CCCC2)c(Cl)c1. The number of halogens is 1. The molecule has 6 heteroatoms. The third kappa shape index (κ3) is 4.30. The third-order valence-electron chi connectivity index (χ3n) is 4.27. The van der Waals surface area contributed by atoms with Gasteiger partial charge in [0.2, 0.25) is 0 Å². The van der Waals surface area contributed by atoms with Gasteiger partial charge in [0.25, 0.3) is 5.91 Å². The molecule has 1 heterocycles. The lowest BCUT2D eigenvalue weighted by molar-refractivity contribution is 0.0977. The van der Waals surface area contributed by atoms with Crippen LogP contribution in [-0.4, -0.2) is 24.1 Å². The topological polar surface area (TPSA) is 44.4 Å². The van der Waals surface area contributed by atoms with Gasteiger partial charge in [-0.25, -0.2) is 0 Å². The van der Waals surface area contributed by atoms with Gasteiger partial charge < -0.3 is 10.2 Å². The summed E-state index contributed by atoms with van der Waals surface area (Å²) in [5.74, 6) is -0.226. The van der Waals surface area contributed by atoms with Crippen LogP contribution < -0.4 is 15.5 Å². The van der Waals surface area contributed by atoms with Crippen LogP contribution in [0.5, 0.6) is 0 Å². The van der Waals surface area contributed by atoms with Gasteiger partial charge in [0.15, 0.2) is 5.11 Å². The highest BCUT2D eigenvalue weighted by Gasteiger charge is 2.16. The van der Waals surface area contributed by atoms with E-state index in [1.165, 1.54) is 12.8 Å². The highest BCUT2D eigenvalue weighted by molar-refractivity contribution is 7.80. The van der Waals surface area contributed by atoms with Crippen LogP contribution in [0.3, 0.4) is 0 Å². The predicted molar refractivity (Wildman–Crippen MR) is 108 cm³/mol. The van der Waals surface area contributed by atoms with Gasteiger partial charge in [-0.2, -0.15) is 0 Å². The van der Waals surface area contributed by atoms with Crippen molar-refractivity contribution in [1.29, 1.82) is 0 Å². The molecule has 1 fully saturated rings. The molecule has 1 aliphatic heterocycles. The van der Waals surface area contributed by atoms with Crippen LogP contribution in [0, 0.1) is 6.92 Å². The molecular weight excluding hydrogens is 354 g/mol. The minimum Gasteiger partial charge on any atom is -0.370 e. The van der Waals surface area contributed by atoms with Crippen molar-refractivity contribution in [3.8, 4) is 0 Å². The van der Waals surface area contributed by atoms with Crippen molar-refractivity contribution in [2.24, 2.45) is 0 Å². The molecule has 0 unspecified atom stereocenters. The molecule has 0 aromatic heterocycles. The second-order valence-electron chi connectivity index (χ2n) is 6.08. The number of amides is 1. The van der Waals surface area contributed by atoms with Gasteiger partial charge >= 0.3 is 0 Å². The maximum Gasteiger partial charge on any atom is 0.257 e. The van der Waals surface area contributed by atoms with Crippen LogP contribution in [0.25, 0.3) is 0 Å². The first-order chi connectivity index (χ1) is 12.0. The summed E-state index contributed by atoms with van der Waals surface area (Å²) in [5.41, 5.74) is 3.30. The van der Waals surface area contributed by atoms with Crippen molar-refractivity contribution in [2.75, 3.05) is 23.3 Å². The van der Waals surface area contributed by atoms with E-state index in [0.29, 0.717) is 10.6 Å². The molecule has 2 aromatic rings. The van der Waals surface area contributed by atoms with Crippen LogP contribution in [0.15, 0.2) is 42.5 Å². The molecule has 2 aromatic carbocycles. The Morgan fingerprint density at radius 2 is 1.88 bits per heavy atom. The van der Waals surface area contributed by atoms with Crippen molar-refractivity contribution in [3.63, 3.8) is 0 Å². The summed E-state index contributed by atoms with van der Waals surface area (Å²) in [4.78, 5) is 14.6. The Kier molecular flexibility index (Phi) is 5.56. The minimum atomic E-state index is -0.226. The number of hydrogen-bond acceptors (Lipinski definition) is 3. The number of nitrogens with one attached hydrogen (secondary N) is 2. The number of rotatable bonds is 3. The third-order valence-corrected chi connectivity index (χ3v) is 4.78. The summed E-state index contributed by atoms with van der Waals surface area (Å²) in [5, 5.41) is 6.65. The van der Waals surface area contributed by atoms with Crippen LogP contribution in [0.2, 0.25) is 5.02 Å². The average molecular weight is 374 g/mol. The van der Waals surface area contributed by atoms with Crippen molar-refractivity contribution in [3.05, 3.63) is 58.6 Å². The average Bonchev–Trinajstić information content (AvgIpc) is 3.09. The van der Waals surface area contributed by atoms with E-state index in [1.54, 1.807) is 6.07 Å². The number of aryl methyl sites for hydroxylation is 1. The normalized spacial score (nSPS) is 13.6. The van der Waals surface area contributed by atoms with E-state index in [1.807, 2.05) is 43.3 Å². The predicted octanol–water partition coefficient (Wildman–Crippen LogP) is 4.38. The number of anilines is 2. The number of thiocarbonyl (C=S) groups is 1. The van der Waals surface area contributed by atoms with Gasteiger partial charge in [-0.05, 0) is 61.8 Å². The molecule has 0 saturated carbocycles. The molecule has 1 aliphatic rings. The number of nitrogens with zero attached hydrogens (tertiary/aromatic N) is 1. The number of carbonyl (C=O) groups excluding carboxylic acids is 1. The fourth-order valence-corrected chi connectivity index (χ4v) is 3.47. The molecule has 3 rings (SSSR count). The Morgan fingerprint density at radius 1 is 1.16 bits per heavy atom. The molecule has 130 valence electrons. The summed E-state index contributed by atoms with van der Waals surface area (Å²) in [6, 6.07) is 13.1. The minimum absolute atomic E-state index is 0.226. The van der Waals surface area contributed by atoms with Crippen molar-refractivity contribution in [1.82, 2.24) is 5.32 Å². The van der Waals surface area contributed by atoms with Gasteiger partial charge in [0.1, 0.15) is 0 Å². The molecule has 0 spiro atoms. The first-order valence-corrected chi connectivity index (χ1v) is 9.05. The highest BCUT2D eigenvalue weighted by Crippen LogP contribution is 2.31. The van der Waals surface area contributed by atoms with E-state index in [9.17, 15) is 4.79 Å². The second-order valence-corrected chi connectivity index (χ2v) is 6.90. The van der Waals surface area contributed by atoms with E-state index in [0.717, 1.165) is 30.0 Å². The maximum absolute atomic E-state index is 12.3. The second kappa shape index (κ2) is 7.85. The lowest BCUT2D eigenvalue weighted by Crippen LogP contribution is -2.34. The quantitative estimate of drug-likeness (QED) is 0.784. The molecular formula is C19H20ClN3OS. The summed E-state index contributed by atoms with van der Waals surface area (Å²) in [6.07, 6.45) is 2.40. The molecule has 2 N–H and O–H groups in total. The lowest BCUT2D eigenvalue weighted by atomic mass is 10.1. The molecule has 25 heavy (non-hydrogen) atoms. The van der Waals surface area contributed by atoms with E-state index in [-0.39, 0.29) is 11.0 Å². The Balaban J connectivity index is 1.64. The molecule has 1 saturated heterocycles. The molecule has 4 nitrogen and oxygen atoms in total. The zero-order valence-electron chi connectivity index (χ0n) is 14.0. The lowest BCUT2D eigenvalue weighted by Gasteiger charge is -2.20. The van der Waals surface area contributed by atoms with Crippen LogP contribution >= 0.6 is 23.8 Å². The Labute approximate surface area is 158 Å². The standard InChI is InChI=1S/C19H20ClN3OS/c1-13-6-2-3-7-15(13)18(24)22-19(25)21-14-8-9-17(16(20)12-14)23-10-4-5-11-23/h2-3,6-9,12H,4-5,10-11H2,1H3,(H2,21,22,24,25). The van der Waals surface area contributed by atoms with Gasteiger partial charge in [-0.3, -0.25) is 10.1 Å². The van der Waals surface area contributed by atoms with E-state index >= 15 is 0 Å². The Morgan fingerprint density at radius 3 is 2.56 bits per heavy atom. The van der Waals surface area contributed by atoms with Crippen molar-refractivity contribution >= 4 is 46.2 Å².